The second kappa shape index (κ2) is 14.7. The van der Waals surface area contributed by atoms with Gasteiger partial charge in [-0.1, -0.05) is 31.4 Å². The zero-order chi connectivity index (χ0) is 26.6. The smallest absolute Gasteiger partial charge is 0.408 e. The molecule has 0 aliphatic carbocycles. The molecule has 3 amide bonds. The van der Waals surface area contributed by atoms with Crippen molar-refractivity contribution in [3.8, 4) is 12.3 Å². The Bertz CT molecular complexity index is 872. The number of carbonyl (C=O) groups excluding carboxylic acids is 3. The molecule has 0 aliphatic rings. The van der Waals surface area contributed by atoms with E-state index in [1.54, 1.807) is 61.7 Å². The Kier molecular flexibility index (Phi) is 12.7. The zero-order valence-corrected chi connectivity index (χ0v) is 23.0. The van der Waals surface area contributed by atoms with Gasteiger partial charge in [-0.05, 0) is 77.2 Å². The Morgan fingerprint density at radius 1 is 1.14 bits per heavy atom. The van der Waals surface area contributed by atoms with Gasteiger partial charge >= 0.3 is 6.09 Å². The van der Waals surface area contributed by atoms with Crippen LogP contribution in [0.25, 0.3) is 0 Å². The van der Waals surface area contributed by atoms with Crippen molar-refractivity contribution in [3.63, 3.8) is 0 Å². The summed E-state index contributed by atoms with van der Waals surface area (Å²) in [6.45, 7) is 11.5. The van der Waals surface area contributed by atoms with Gasteiger partial charge in [-0.15, -0.1) is 6.42 Å². The van der Waals surface area contributed by atoms with E-state index in [-0.39, 0.29) is 17.9 Å². The van der Waals surface area contributed by atoms with E-state index < -0.39 is 23.8 Å². The number of thioether (sulfide) groups is 1. The summed E-state index contributed by atoms with van der Waals surface area (Å²) >= 11 is 1.58. The van der Waals surface area contributed by atoms with E-state index in [2.05, 4.69) is 16.6 Å². The third kappa shape index (κ3) is 10.6. The molecule has 35 heavy (non-hydrogen) atoms. The first-order chi connectivity index (χ1) is 16.4. The fourth-order valence-corrected chi connectivity index (χ4v) is 3.91. The van der Waals surface area contributed by atoms with Crippen LogP contribution >= 0.6 is 11.8 Å². The molecule has 1 aromatic rings. The molecular formula is C27H41N3O4S. The van der Waals surface area contributed by atoms with Crippen LogP contribution in [-0.4, -0.2) is 59.0 Å². The Balaban J connectivity index is 3.44. The topological polar surface area (TPSA) is 87.7 Å². The Hall–Kier alpha value is -2.66. The van der Waals surface area contributed by atoms with Gasteiger partial charge in [0, 0.05) is 18.2 Å². The quantitative estimate of drug-likeness (QED) is 0.410. The molecule has 7 nitrogen and oxygen atoms in total. The molecule has 2 N–H and O–H groups in total. The van der Waals surface area contributed by atoms with Gasteiger partial charge in [0.15, 0.2) is 0 Å². The first kappa shape index (κ1) is 30.4. The summed E-state index contributed by atoms with van der Waals surface area (Å²) in [5, 5.41) is 5.69. The Labute approximate surface area is 215 Å². The van der Waals surface area contributed by atoms with E-state index in [1.165, 1.54) is 0 Å². The number of hydrogen-bond donors (Lipinski definition) is 2. The molecule has 0 saturated heterocycles. The van der Waals surface area contributed by atoms with Gasteiger partial charge in [0.05, 0.1) is 0 Å². The molecule has 0 bridgehead atoms. The van der Waals surface area contributed by atoms with Crippen molar-refractivity contribution in [3.05, 3.63) is 35.4 Å². The lowest BCUT2D eigenvalue weighted by Crippen LogP contribution is -2.53. The van der Waals surface area contributed by atoms with E-state index in [4.69, 9.17) is 11.2 Å². The predicted molar refractivity (Wildman–Crippen MR) is 143 cm³/mol. The van der Waals surface area contributed by atoms with Crippen LogP contribution in [-0.2, 0) is 14.3 Å². The molecule has 2 atom stereocenters. The summed E-state index contributed by atoms with van der Waals surface area (Å²) in [4.78, 5) is 41.5. The van der Waals surface area contributed by atoms with Crippen molar-refractivity contribution in [2.24, 2.45) is 0 Å². The minimum absolute atomic E-state index is 0.106. The molecule has 0 radical (unpaired) electrons. The van der Waals surface area contributed by atoms with Crippen LogP contribution < -0.4 is 10.6 Å². The second-order valence-electron chi connectivity index (χ2n) is 9.70. The van der Waals surface area contributed by atoms with Crippen molar-refractivity contribution in [1.29, 1.82) is 0 Å². The highest BCUT2D eigenvalue weighted by molar-refractivity contribution is 7.98. The Morgan fingerprint density at radius 3 is 2.26 bits per heavy atom. The van der Waals surface area contributed by atoms with Crippen molar-refractivity contribution >= 4 is 29.7 Å². The van der Waals surface area contributed by atoms with Gasteiger partial charge in [-0.25, -0.2) is 4.79 Å². The summed E-state index contributed by atoms with van der Waals surface area (Å²) < 4.78 is 5.40. The minimum atomic E-state index is -0.861. The first-order valence-corrected chi connectivity index (χ1v) is 13.5. The fraction of sp³-hybridized carbons (Fsp3) is 0.593. The molecule has 194 valence electrons. The van der Waals surface area contributed by atoms with Gasteiger partial charge in [-0.2, -0.15) is 11.8 Å². The van der Waals surface area contributed by atoms with E-state index in [0.29, 0.717) is 36.3 Å². The fourth-order valence-electron chi connectivity index (χ4n) is 3.44. The average Bonchev–Trinajstić information content (AvgIpc) is 2.77. The summed E-state index contributed by atoms with van der Waals surface area (Å²) in [7, 11) is 0. The predicted octanol–water partition coefficient (Wildman–Crippen LogP) is 4.51. The van der Waals surface area contributed by atoms with Crippen LogP contribution in [0.5, 0.6) is 0 Å². The monoisotopic (exact) mass is 503 g/mol. The SMILES string of the molecule is C#Cc1ccc(C(C(=O)NC(C)C)N(CCCC)C(=O)C(CCSC)NC(=O)OC(C)(C)C)cc1. The van der Waals surface area contributed by atoms with E-state index in [9.17, 15) is 14.4 Å². The van der Waals surface area contributed by atoms with Crippen LogP contribution in [0, 0.1) is 12.3 Å². The lowest BCUT2D eigenvalue weighted by Gasteiger charge is -2.35. The molecule has 0 heterocycles. The maximum Gasteiger partial charge on any atom is 0.408 e. The molecule has 2 unspecified atom stereocenters. The third-order valence-electron chi connectivity index (χ3n) is 5.02. The maximum absolute atomic E-state index is 13.9. The summed E-state index contributed by atoms with van der Waals surface area (Å²) in [5.41, 5.74) is 0.650. The van der Waals surface area contributed by atoms with E-state index in [1.807, 2.05) is 27.0 Å². The molecule has 0 saturated carbocycles. The number of ether oxygens (including phenoxy) is 1. The number of carbonyl (C=O) groups is 3. The second-order valence-corrected chi connectivity index (χ2v) is 10.7. The average molecular weight is 504 g/mol. The third-order valence-corrected chi connectivity index (χ3v) is 5.66. The van der Waals surface area contributed by atoms with Crippen LogP contribution in [0.4, 0.5) is 4.79 Å². The molecule has 0 fully saturated rings. The lowest BCUT2D eigenvalue weighted by atomic mass is 10.00. The van der Waals surface area contributed by atoms with Gasteiger partial charge in [0.25, 0.3) is 0 Å². The zero-order valence-electron chi connectivity index (χ0n) is 22.1. The van der Waals surface area contributed by atoms with Gasteiger partial charge < -0.3 is 20.3 Å². The number of hydrogen-bond acceptors (Lipinski definition) is 5. The lowest BCUT2D eigenvalue weighted by molar-refractivity contribution is -0.142. The van der Waals surface area contributed by atoms with Gasteiger partial charge in [0.1, 0.15) is 17.7 Å². The molecule has 1 aromatic carbocycles. The van der Waals surface area contributed by atoms with Crippen molar-refractivity contribution < 1.29 is 19.1 Å². The van der Waals surface area contributed by atoms with E-state index in [0.717, 1.165) is 6.42 Å². The molecule has 1 rings (SSSR count). The van der Waals surface area contributed by atoms with Crippen LogP contribution in [0.3, 0.4) is 0 Å². The van der Waals surface area contributed by atoms with Gasteiger partial charge in [-0.3, -0.25) is 9.59 Å². The number of amides is 3. The number of alkyl carbamates (subject to hydrolysis) is 1. The van der Waals surface area contributed by atoms with Crippen molar-refractivity contribution in [2.45, 2.75) is 84.5 Å². The molecule has 8 heteroatoms. The summed E-state index contributed by atoms with van der Waals surface area (Å²) in [6, 6.07) is 5.29. The number of terminal acetylenes is 1. The Morgan fingerprint density at radius 2 is 1.77 bits per heavy atom. The number of rotatable bonds is 12. The highest BCUT2D eigenvalue weighted by Crippen LogP contribution is 2.25. The molecule has 0 aromatic heterocycles. The van der Waals surface area contributed by atoms with Gasteiger partial charge in [0.2, 0.25) is 11.8 Å². The maximum atomic E-state index is 13.9. The number of nitrogens with one attached hydrogen (secondary N) is 2. The van der Waals surface area contributed by atoms with Crippen molar-refractivity contribution in [2.75, 3.05) is 18.6 Å². The molecular weight excluding hydrogens is 462 g/mol. The van der Waals surface area contributed by atoms with Crippen LogP contribution in [0.2, 0.25) is 0 Å². The van der Waals surface area contributed by atoms with Crippen LogP contribution in [0.1, 0.15) is 78.0 Å². The number of nitrogens with zero attached hydrogens (tertiary/aromatic N) is 1. The van der Waals surface area contributed by atoms with Crippen molar-refractivity contribution in [1.82, 2.24) is 15.5 Å². The largest absolute Gasteiger partial charge is 0.444 e. The number of benzene rings is 1. The normalized spacial score (nSPS) is 12.9. The number of unbranched alkanes of at least 4 members (excludes halogenated alkanes) is 1. The summed E-state index contributed by atoms with van der Waals surface area (Å²) in [6.07, 6.45) is 8.75. The summed E-state index contributed by atoms with van der Waals surface area (Å²) in [5.74, 6) is 2.64. The highest BCUT2D eigenvalue weighted by Gasteiger charge is 2.36. The minimum Gasteiger partial charge on any atom is -0.444 e. The van der Waals surface area contributed by atoms with Crippen LogP contribution in [0.15, 0.2) is 24.3 Å². The molecule has 0 spiro atoms. The molecule has 0 aliphatic heterocycles. The highest BCUT2D eigenvalue weighted by atomic mass is 32.2. The first-order valence-electron chi connectivity index (χ1n) is 12.1. The van der Waals surface area contributed by atoms with E-state index >= 15 is 0 Å². The standard InChI is InChI=1S/C27H41N3O4S/c1-9-11-17-30(25(32)22(16-18-35-8)29-26(33)34-27(5,6)7)23(24(31)28-19(3)4)21-14-12-20(10-2)13-15-21/h2,12-15,19,22-23H,9,11,16-18H2,1,3-8H3,(H,28,31)(H,29,33).